The number of hydrogen-bond donors (Lipinski definition) is 1. The number of carbonyl (C=O) groups excluding carboxylic acids is 1. The molecule has 0 radical (unpaired) electrons. The second-order valence-corrected chi connectivity index (χ2v) is 5.41. The van der Waals surface area contributed by atoms with Gasteiger partial charge >= 0.3 is 0 Å². The molecule has 0 aliphatic rings. The Bertz CT molecular complexity index is 581. The number of rotatable bonds is 3. The summed E-state index contributed by atoms with van der Waals surface area (Å²) in [5.74, 6) is -0.123. The molecule has 4 heteroatoms. The number of halogens is 1. The van der Waals surface area contributed by atoms with E-state index in [1.807, 2.05) is 38.1 Å². The third kappa shape index (κ3) is 3.64. The molecule has 1 atom stereocenters. The van der Waals surface area contributed by atoms with E-state index < -0.39 is 0 Å². The van der Waals surface area contributed by atoms with E-state index in [2.05, 4.69) is 26.2 Å². The monoisotopic (exact) mass is 318 g/mol. The summed E-state index contributed by atoms with van der Waals surface area (Å²) < 4.78 is 0.795. The molecule has 0 aliphatic heterocycles. The smallest absolute Gasteiger partial charge is 0.253 e. The molecular formula is C15H15BrN2O. The van der Waals surface area contributed by atoms with Gasteiger partial charge in [0.25, 0.3) is 5.91 Å². The van der Waals surface area contributed by atoms with Crippen molar-refractivity contribution in [2.75, 3.05) is 0 Å². The second-order valence-electron chi connectivity index (χ2n) is 4.50. The van der Waals surface area contributed by atoms with Gasteiger partial charge in [-0.05, 0) is 41.4 Å². The van der Waals surface area contributed by atoms with Gasteiger partial charge < -0.3 is 5.32 Å². The predicted molar refractivity (Wildman–Crippen MR) is 79.0 cm³/mol. The fourth-order valence-corrected chi connectivity index (χ4v) is 2.12. The van der Waals surface area contributed by atoms with Gasteiger partial charge in [-0.2, -0.15) is 0 Å². The molecule has 1 aromatic carbocycles. The van der Waals surface area contributed by atoms with Crippen molar-refractivity contribution in [2.45, 2.75) is 19.9 Å². The minimum Gasteiger partial charge on any atom is -0.345 e. The lowest BCUT2D eigenvalue weighted by molar-refractivity contribution is 0.0939. The predicted octanol–water partition coefficient (Wildman–Crippen LogP) is 3.64. The molecule has 98 valence electrons. The van der Waals surface area contributed by atoms with Crippen LogP contribution in [0.3, 0.4) is 0 Å². The highest BCUT2D eigenvalue weighted by atomic mass is 79.9. The number of amides is 1. The number of nitrogens with zero attached hydrogens (tertiary/aromatic N) is 1. The van der Waals surface area contributed by atoms with Crippen molar-refractivity contribution in [3.05, 3.63) is 63.9 Å². The molecule has 2 rings (SSSR count). The molecule has 1 N–H and O–H groups in total. The minimum atomic E-state index is -0.123. The highest BCUT2D eigenvalue weighted by Crippen LogP contribution is 2.15. The first-order valence-corrected chi connectivity index (χ1v) is 6.83. The van der Waals surface area contributed by atoms with Crippen LogP contribution in [0, 0.1) is 6.92 Å². The van der Waals surface area contributed by atoms with Gasteiger partial charge in [0.15, 0.2) is 0 Å². The van der Waals surface area contributed by atoms with Crippen LogP contribution in [-0.2, 0) is 0 Å². The Hall–Kier alpha value is -1.68. The van der Waals surface area contributed by atoms with Crippen molar-refractivity contribution < 1.29 is 4.79 Å². The molecule has 1 aromatic heterocycles. The number of nitrogens with one attached hydrogen (secondary N) is 1. The minimum absolute atomic E-state index is 0.0351. The maximum Gasteiger partial charge on any atom is 0.253 e. The van der Waals surface area contributed by atoms with Gasteiger partial charge in [-0.25, -0.2) is 0 Å². The van der Waals surface area contributed by atoms with E-state index in [0.717, 1.165) is 10.0 Å². The van der Waals surface area contributed by atoms with Crippen LogP contribution in [0.25, 0.3) is 0 Å². The quantitative estimate of drug-likeness (QED) is 0.938. The van der Waals surface area contributed by atoms with Crippen molar-refractivity contribution in [2.24, 2.45) is 0 Å². The van der Waals surface area contributed by atoms with Crippen LogP contribution in [0.1, 0.15) is 34.5 Å². The maximum absolute atomic E-state index is 12.1. The first-order valence-electron chi connectivity index (χ1n) is 6.04. The molecule has 0 spiro atoms. The average Bonchev–Trinajstić information content (AvgIpc) is 2.39. The van der Waals surface area contributed by atoms with Crippen LogP contribution < -0.4 is 5.32 Å². The molecule has 0 bridgehead atoms. The summed E-state index contributed by atoms with van der Waals surface area (Å²) in [7, 11) is 0. The molecule has 19 heavy (non-hydrogen) atoms. The normalized spacial score (nSPS) is 11.9. The van der Waals surface area contributed by atoms with Gasteiger partial charge in [0.1, 0.15) is 0 Å². The molecule has 1 heterocycles. The van der Waals surface area contributed by atoms with Crippen LogP contribution in [0.15, 0.2) is 47.2 Å². The van der Waals surface area contributed by atoms with Crippen molar-refractivity contribution >= 4 is 21.8 Å². The van der Waals surface area contributed by atoms with Gasteiger partial charge in [0.05, 0.1) is 11.6 Å². The van der Waals surface area contributed by atoms with Crippen molar-refractivity contribution in [1.82, 2.24) is 10.3 Å². The fraction of sp³-hybridized carbons (Fsp3) is 0.200. The summed E-state index contributed by atoms with van der Waals surface area (Å²) in [4.78, 5) is 16.1. The van der Waals surface area contributed by atoms with Crippen molar-refractivity contribution in [1.29, 1.82) is 0 Å². The molecular weight excluding hydrogens is 304 g/mol. The number of aryl methyl sites for hydroxylation is 1. The Morgan fingerprint density at radius 3 is 2.58 bits per heavy atom. The lowest BCUT2D eigenvalue weighted by atomic mass is 10.1. The SMILES string of the molecule is Cc1ccc(C(C)NC(=O)c2cncc(Br)c2)cc1. The summed E-state index contributed by atoms with van der Waals surface area (Å²) in [6.07, 6.45) is 3.21. The zero-order chi connectivity index (χ0) is 13.8. The van der Waals surface area contributed by atoms with Crippen molar-refractivity contribution in [3.63, 3.8) is 0 Å². The Labute approximate surface area is 121 Å². The Balaban J connectivity index is 2.08. The molecule has 0 saturated carbocycles. The third-order valence-corrected chi connectivity index (χ3v) is 3.33. The third-order valence-electron chi connectivity index (χ3n) is 2.89. The molecule has 1 unspecified atom stereocenters. The van der Waals surface area contributed by atoms with Crippen LogP contribution in [-0.4, -0.2) is 10.9 Å². The number of benzene rings is 1. The van der Waals surface area contributed by atoms with Crippen LogP contribution in [0.5, 0.6) is 0 Å². The first kappa shape index (κ1) is 13.7. The van der Waals surface area contributed by atoms with Gasteiger partial charge in [-0.1, -0.05) is 29.8 Å². The largest absolute Gasteiger partial charge is 0.345 e. The summed E-state index contributed by atoms with van der Waals surface area (Å²) in [6, 6.07) is 9.85. The van der Waals surface area contributed by atoms with E-state index in [4.69, 9.17) is 0 Å². The average molecular weight is 319 g/mol. The Morgan fingerprint density at radius 1 is 1.26 bits per heavy atom. The van der Waals surface area contributed by atoms with Crippen LogP contribution in [0.4, 0.5) is 0 Å². The molecule has 0 saturated heterocycles. The molecule has 2 aromatic rings. The maximum atomic E-state index is 12.1. The van der Waals surface area contributed by atoms with E-state index >= 15 is 0 Å². The van der Waals surface area contributed by atoms with Crippen LogP contribution >= 0.6 is 15.9 Å². The van der Waals surface area contributed by atoms with Gasteiger partial charge in [0.2, 0.25) is 0 Å². The van der Waals surface area contributed by atoms with Crippen LogP contribution in [0.2, 0.25) is 0 Å². The summed E-state index contributed by atoms with van der Waals surface area (Å²) in [5, 5.41) is 2.96. The topological polar surface area (TPSA) is 42.0 Å². The standard InChI is InChI=1S/C15H15BrN2O/c1-10-3-5-12(6-4-10)11(2)18-15(19)13-7-14(16)9-17-8-13/h3-9,11H,1-2H3,(H,18,19). The highest BCUT2D eigenvalue weighted by molar-refractivity contribution is 9.10. The number of pyridine rings is 1. The van der Waals surface area contributed by atoms with E-state index in [1.165, 1.54) is 5.56 Å². The molecule has 0 fully saturated rings. The zero-order valence-electron chi connectivity index (χ0n) is 10.9. The molecule has 3 nitrogen and oxygen atoms in total. The zero-order valence-corrected chi connectivity index (χ0v) is 12.4. The van der Waals surface area contributed by atoms with E-state index in [1.54, 1.807) is 18.5 Å². The van der Waals surface area contributed by atoms with Gasteiger partial charge in [0, 0.05) is 16.9 Å². The Morgan fingerprint density at radius 2 is 1.95 bits per heavy atom. The highest BCUT2D eigenvalue weighted by Gasteiger charge is 2.11. The number of carbonyl (C=O) groups is 1. The fourth-order valence-electron chi connectivity index (χ4n) is 1.75. The van der Waals surface area contributed by atoms with Gasteiger partial charge in [-0.3, -0.25) is 9.78 Å². The first-order chi connectivity index (χ1) is 9.06. The lowest BCUT2D eigenvalue weighted by Crippen LogP contribution is -2.26. The Kier molecular flexibility index (Phi) is 4.32. The lowest BCUT2D eigenvalue weighted by Gasteiger charge is -2.14. The second kappa shape index (κ2) is 5.97. The van der Waals surface area contributed by atoms with E-state index in [-0.39, 0.29) is 11.9 Å². The molecule has 1 amide bonds. The van der Waals surface area contributed by atoms with Gasteiger partial charge in [-0.15, -0.1) is 0 Å². The van der Waals surface area contributed by atoms with E-state index in [9.17, 15) is 4.79 Å². The van der Waals surface area contributed by atoms with Crippen molar-refractivity contribution in [3.8, 4) is 0 Å². The summed E-state index contributed by atoms with van der Waals surface area (Å²) in [5.41, 5.74) is 2.84. The number of hydrogen-bond acceptors (Lipinski definition) is 2. The summed E-state index contributed by atoms with van der Waals surface area (Å²) >= 11 is 3.31. The van der Waals surface area contributed by atoms with E-state index in [0.29, 0.717) is 5.56 Å². The summed E-state index contributed by atoms with van der Waals surface area (Å²) in [6.45, 7) is 4.01. The molecule has 0 aliphatic carbocycles. The number of aromatic nitrogens is 1.